The molecule has 1 saturated heterocycles. The van der Waals surface area contributed by atoms with Gasteiger partial charge in [-0.2, -0.15) is 0 Å². The molecule has 1 aliphatic rings. The van der Waals surface area contributed by atoms with Crippen LogP contribution < -0.4 is 0 Å². The van der Waals surface area contributed by atoms with Crippen molar-refractivity contribution in [3.63, 3.8) is 0 Å². The molecule has 76 valence electrons. The Kier molecular flexibility index (Phi) is 3.31. The van der Waals surface area contributed by atoms with Crippen LogP contribution in [-0.2, 0) is 9.53 Å². The predicted molar refractivity (Wildman–Crippen MR) is 49.1 cm³/mol. The molecule has 3 nitrogen and oxygen atoms in total. The van der Waals surface area contributed by atoms with Crippen LogP contribution in [0.5, 0.6) is 0 Å². The molecule has 0 spiro atoms. The average Bonchev–Trinajstić information content (AvgIpc) is 2.24. The van der Waals surface area contributed by atoms with E-state index >= 15 is 0 Å². The van der Waals surface area contributed by atoms with Crippen LogP contribution in [0.15, 0.2) is 0 Å². The third-order valence-corrected chi connectivity index (χ3v) is 2.55. The molecule has 0 bridgehead atoms. The maximum atomic E-state index is 11.2. The Balaban J connectivity index is 2.44. The first-order valence-electron chi connectivity index (χ1n) is 4.91. The van der Waals surface area contributed by atoms with Crippen molar-refractivity contribution in [3.8, 4) is 0 Å². The Morgan fingerprint density at radius 1 is 1.54 bits per heavy atom. The van der Waals surface area contributed by atoms with Crippen LogP contribution in [0.1, 0.15) is 33.6 Å². The number of ether oxygens (including phenoxy) is 1. The first-order chi connectivity index (χ1) is 6.02. The molecule has 1 aliphatic heterocycles. The van der Waals surface area contributed by atoms with Crippen molar-refractivity contribution < 1.29 is 14.6 Å². The molecule has 0 aliphatic carbocycles. The standard InChI is InChI=1S/C10H18O3/c1-6(2)4-5-8-9(11)7(3)13-10(8)12/h6-9,11H,4-5H2,1-3H3/t7-,8-,9-/m0/s1. The largest absolute Gasteiger partial charge is 0.460 e. The van der Waals surface area contributed by atoms with Gasteiger partial charge in [0.15, 0.2) is 0 Å². The SMILES string of the molecule is CC(C)CC[C@@H]1C(=O)O[C@@H](C)[C@@H]1O. The smallest absolute Gasteiger partial charge is 0.312 e. The molecular weight excluding hydrogens is 168 g/mol. The van der Waals surface area contributed by atoms with Gasteiger partial charge in [0, 0.05) is 0 Å². The van der Waals surface area contributed by atoms with Crippen LogP contribution in [0.4, 0.5) is 0 Å². The quantitative estimate of drug-likeness (QED) is 0.677. The molecule has 0 aromatic rings. The van der Waals surface area contributed by atoms with Gasteiger partial charge in [0.1, 0.15) is 12.2 Å². The maximum absolute atomic E-state index is 11.2. The monoisotopic (exact) mass is 186 g/mol. The van der Waals surface area contributed by atoms with E-state index < -0.39 is 6.10 Å². The molecule has 0 saturated carbocycles. The Bertz CT molecular complexity index is 189. The molecule has 1 N–H and O–H groups in total. The third kappa shape index (κ3) is 2.44. The Labute approximate surface area is 79.1 Å². The summed E-state index contributed by atoms with van der Waals surface area (Å²) in [5, 5.41) is 9.59. The zero-order valence-electron chi connectivity index (χ0n) is 8.49. The minimum Gasteiger partial charge on any atom is -0.460 e. The molecule has 1 rings (SSSR count). The van der Waals surface area contributed by atoms with Crippen molar-refractivity contribution in [2.75, 3.05) is 0 Å². The second-order valence-corrected chi connectivity index (χ2v) is 4.21. The first kappa shape index (κ1) is 10.5. The van der Waals surface area contributed by atoms with Gasteiger partial charge in [-0.15, -0.1) is 0 Å². The Hall–Kier alpha value is -0.570. The minimum atomic E-state index is -0.605. The Morgan fingerprint density at radius 2 is 2.15 bits per heavy atom. The van der Waals surface area contributed by atoms with Crippen molar-refractivity contribution in [2.24, 2.45) is 11.8 Å². The number of cyclic esters (lactones) is 1. The lowest BCUT2D eigenvalue weighted by Gasteiger charge is -2.12. The van der Waals surface area contributed by atoms with Gasteiger partial charge in [0.05, 0.1) is 5.92 Å². The highest BCUT2D eigenvalue weighted by molar-refractivity contribution is 5.75. The fourth-order valence-corrected chi connectivity index (χ4v) is 1.61. The highest BCUT2D eigenvalue weighted by Gasteiger charge is 2.40. The first-order valence-corrected chi connectivity index (χ1v) is 4.91. The third-order valence-electron chi connectivity index (χ3n) is 2.55. The number of carbonyl (C=O) groups excluding carboxylic acids is 1. The summed E-state index contributed by atoms with van der Waals surface area (Å²) >= 11 is 0. The van der Waals surface area contributed by atoms with Crippen LogP contribution in [-0.4, -0.2) is 23.3 Å². The Morgan fingerprint density at radius 3 is 2.54 bits per heavy atom. The zero-order chi connectivity index (χ0) is 10.0. The van der Waals surface area contributed by atoms with E-state index in [1.54, 1.807) is 6.92 Å². The summed E-state index contributed by atoms with van der Waals surface area (Å²) < 4.78 is 4.93. The number of rotatable bonds is 3. The maximum Gasteiger partial charge on any atom is 0.312 e. The van der Waals surface area contributed by atoms with Gasteiger partial charge in [-0.25, -0.2) is 0 Å². The number of carbonyl (C=O) groups is 1. The van der Waals surface area contributed by atoms with E-state index in [1.165, 1.54) is 0 Å². The van der Waals surface area contributed by atoms with E-state index in [2.05, 4.69) is 13.8 Å². The van der Waals surface area contributed by atoms with Gasteiger partial charge < -0.3 is 9.84 Å². The average molecular weight is 186 g/mol. The van der Waals surface area contributed by atoms with Crippen LogP contribution in [0.3, 0.4) is 0 Å². The summed E-state index contributed by atoms with van der Waals surface area (Å²) in [6.45, 7) is 5.95. The number of hydrogen-bond acceptors (Lipinski definition) is 3. The van der Waals surface area contributed by atoms with Crippen molar-refractivity contribution in [1.29, 1.82) is 0 Å². The molecule has 1 fully saturated rings. The lowest BCUT2D eigenvalue weighted by Crippen LogP contribution is -2.24. The number of aliphatic hydroxyl groups is 1. The highest BCUT2D eigenvalue weighted by Crippen LogP contribution is 2.26. The molecule has 3 atom stereocenters. The van der Waals surface area contributed by atoms with Gasteiger partial charge >= 0.3 is 5.97 Å². The molecule has 0 radical (unpaired) electrons. The number of aliphatic hydroxyl groups excluding tert-OH is 1. The van der Waals surface area contributed by atoms with Gasteiger partial charge in [-0.05, 0) is 19.3 Å². The lowest BCUT2D eigenvalue weighted by molar-refractivity contribution is -0.144. The topological polar surface area (TPSA) is 46.5 Å². The van der Waals surface area contributed by atoms with Crippen LogP contribution >= 0.6 is 0 Å². The second-order valence-electron chi connectivity index (χ2n) is 4.21. The normalized spacial score (nSPS) is 33.9. The zero-order valence-corrected chi connectivity index (χ0v) is 8.49. The number of esters is 1. The van der Waals surface area contributed by atoms with Crippen molar-refractivity contribution in [3.05, 3.63) is 0 Å². The molecule has 0 aromatic carbocycles. The van der Waals surface area contributed by atoms with Gasteiger partial charge in [0.25, 0.3) is 0 Å². The van der Waals surface area contributed by atoms with E-state index in [0.717, 1.165) is 12.8 Å². The molecule has 1 heterocycles. The molecule has 0 amide bonds. The summed E-state index contributed by atoms with van der Waals surface area (Å²) in [4.78, 5) is 11.2. The van der Waals surface area contributed by atoms with E-state index in [9.17, 15) is 9.90 Å². The molecule has 13 heavy (non-hydrogen) atoms. The number of hydrogen-bond donors (Lipinski definition) is 1. The molecule has 3 heteroatoms. The summed E-state index contributed by atoms with van der Waals surface area (Å²) in [7, 11) is 0. The summed E-state index contributed by atoms with van der Waals surface area (Å²) in [5.41, 5.74) is 0. The summed E-state index contributed by atoms with van der Waals surface area (Å²) in [5.74, 6) is 0.0361. The molecular formula is C10H18O3. The molecule has 0 aromatic heterocycles. The van der Waals surface area contributed by atoms with Gasteiger partial charge in [-0.1, -0.05) is 20.3 Å². The van der Waals surface area contributed by atoms with E-state index in [-0.39, 0.29) is 18.0 Å². The lowest BCUT2D eigenvalue weighted by atomic mass is 9.93. The fraction of sp³-hybridized carbons (Fsp3) is 0.900. The minimum absolute atomic E-state index is 0.236. The van der Waals surface area contributed by atoms with Gasteiger partial charge in [0.2, 0.25) is 0 Å². The van der Waals surface area contributed by atoms with Gasteiger partial charge in [-0.3, -0.25) is 4.79 Å². The van der Waals surface area contributed by atoms with Crippen LogP contribution in [0.25, 0.3) is 0 Å². The van der Waals surface area contributed by atoms with E-state index in [1.807, 2.05) is 0 Å². The predicted octanol–water partition coefficient (Wildman–Crippen LogP) is 1.34. The second kappa shape index (κ2) is 4.09. The van der Waals surface area contributed by atoms with Crippen molar-refractivity contribution in [2.45, 2.75) is 45.8 Å². The summed E-state index contributed by atoms with van der Waals surface area (Å²) in [6.07, 6.45) is 0.766. The van der Waals surface area contributed by atoms with Crippen molar-refractivity contribution in [1.82, 2.24) is 0 Å². The fourth-order valence-electron chi connectivity index (χ4n) is 1.61. The van der Waals surface area contributed by atoms with E-state index in [0.29, 0.717) is 5.92 Å². The van der Waals surface area contributed by atoms with E-state index in [4.69, 9.17) is 4.74 Å². The molecule has 0 unspecified atom stereocenters. The highest BCUT2D eigenvalue weighted by atomic mass is 16.6. The summed E-state index contributed by atoms with van der Waals surface area (Å²) in [6, 6.07) is 0. The van der Waals surface area contributed by atoms with Crippen LogP contribution in [0.2, 0.25) is 0 Å². The van der Waals surface area contributed by atoms with Crippen molar-refractivity contribution >= 4 is 5.97 Å². The van der Waals surface area contributed by atoms with Crippen LogP contribution in [0, 0.1) is 11.8 Å².